The third kappa shape index (κ3) is 3.95. The Morgan fingerprint density at radius 3 is 2.48 bits per heavy atom. The quantitative estimate of drug-likeness (QED) is 0.484. The molecule has 1 aliphatic rings. The fraction of sp³-hybridized carbons (Fsp3) is 0.208. The molecule has 0 amide bonds. The molecular weight excluding hydrogens is 436 g/mol. The number of aryl methyl sites for hydroxylation is 3. The van der Waals surface area contributed by atoms with Gasteiger partial charge in [0.15, 0.2) is 0 Å². The van der Waals surface area contributed by atoms with E-state index in [-0.39, 0.29) is 10.8 Å². The summed E-state index contributed by atoms with van der Waals surface area (Å²) in [5.74, 6) is 0.676. The number of rotatable bonds is 5. The van der Waals surface area contributed by atoms with Crippen LogP contribution in [0.5, 0.6) is 0 Å². The molecule has 9 heteroatoms. The molecule has 2 aromatic carbocycles. The van der Waals surface area contributed by atoms with Crippen molar-refractivity contribution >= 4 is 27.5 Å². The van der Waals surface area contributed by atoms with Crippen LogP contribution in [0.2, 0.25) is 0 Å². The van der Waals surface area contributed by atoms with Gasteiger partial charge >= 0.3 is 0 Å². The Bertz CT molecular complexity index is 1440. The van der Waals surface area contributed by atoms with Crippen LogP contribution in [0.1, 0.15) is 16.7 Å². The second-order valence-electron chi connectivity index (χ2n) is 8.19. The van der Waals surface area contributed by atoms with Crippen molar-refractivity contribution < 1.29 is 8.42 Å². The van der Waals surface area contributed by atoms with Gasteiger partial charge in [-0.15, -0.1) is 0 Å². The van der Waals surface area contributed by atoms with Crippen LogP contribution in [0.3, 0.4) is 0 Å². The maximum Gasteiger partial charge on any atom is 0.267 e. The van der Waals surface area contributed by atoms with Gasteiger partial charge in [-0.1, -0.05) is 36.4 Å². The highest BCUT2D eigenvalue weighted by atomic mass is 32.2. The Morgan fingerprint density at radius 1 is 1.00 bits per heavy atom. The topological polar surface area (TPSA) is 93.0 Å². The second kappa shape index (κ2) is 8.00. The van der Waals surface area contributed by atoms with Crippen LogP contribution in [0.4, 0.5) is 17.5 Å². The van der Waals surface area contributed by atoms with Crippen molar-refractivity contribution in [3.8, 4) is 11.3 Å². The smallest absolute Gasteiger partial charge is 0.267 e. The number of hydrogen-bond donors (Lipinski definition) is 1. The number of hydrogen-bond acceptors (Lipinski definition) is 6. The maximum atomic E-state index is 13.0. The van der Waals surface area contributed by atoms with Gasteiger partial charge in [0.05, 0.1) is 11.9 Å². The lowest BCUT2D eigenvalue weighted by Crippen LogP contribution is -2.19. The minimum atomic E-state index is -3.89. The summed E-state index contributed by atoms with van der Waals surface area (Å²) in [4.78, 5) is 11.4. The number of fused-ring (bicyclic) bond motifs is 1. The van der Waals surface area contributed by atoms with E-state index in [1.807, 2.05) is 50.2 Å². The third-order valence-corrected chi connectivity index (χ3v) is 7.11. The van der Waals surface area contributed by atoms with Crippen molar-refractivity contribution in [1.29, 1.82) is 0 Å². The number of sulfonamides is 1. The average molecular weight is 461 g/mol. The van der Waals surface area contributed by atoms with Gasteiger partial charge in [0, 0.05) is 37.1 Å². The molecule has 33 heavy (non-hydrogen) atoms. The molecule has 0 saturated heterocycles. The fourth-order valence-electron chi connectivity index (χ4n) is 4.26. The van der Waals surface area contributed by atoms with Crippen molar-refractivity contribution in [1.82, 2.24) is 19.7 Å². The summed E-state index contributed by atoms with van der Waals surface area (Å²) in [7, 11) is -2.22. The van der Waals surface area contributed by atoms with Crippen molar-refractivity contribution in [2.75, 3.05) is 16.2 Å². The molecule has 0 unspecified atom stereocenters. The van der Waals surface area contributed by atoms with E-state index in [0.29, 0.717) is 11.5 Å². The monoisotopic (exact) mass is 460 g/mol. The molecule has 168 valence electrons. The number of anilines is 3. The van der Waals surface area contributed by atoms with Crippen molar-refractivity contribution in [3.05, 3.63) is 77.6 Å². The summed E-state index contributed by atoms with van der Waals surface area (Å²) in [6.45, 7) is 4.81. The molecule has 0 atom stereocenters. The Morgan fingerprint density at radius 2 is 1.76 bits per heavy atom. The van der Waals surface area contributed by atoms with E-state index in [2.05, 4.69) is 36.8 Å². The van der Waals surface area contributed by atoms with Gasteiger partial charge in [-0.2, -0.15) is 10.1 Å². The molecule has 0 aliphatic carbocycles. The number of para-hydroxylation sites is 1. The minimum absolute atomic E-state index is 0.0263. The van der Waals surface area contributed by atoms with Gasteiger partial charge in [0.2, 0.25) is 5.95 Å². The van der Waals surface area contributed by atoms with E-state index in [0.717, 1.165) is 35.3 Å². The van der Waals surface area contributed by atoms with E-state index in [1.54, 1.807) is 7.05 Å². The van der Waals surface area contributed by atoms with Crippen LogP contribution in [0.15, 0.2) is 65.8 Å². The summed E-state index contributed by atoms with van der Waals surface area (Å²) < 4.78 is 29.9. The summed E-state index contributed by atoms with van der Waals surface area (Å²) in [6, 6.07) is 16.2. The Kier molecular flexibility index (Phi) is 5.13. The molecule has 1 N–H and O–H groups in total. The summed E-state index contributed by atoms with van der Waals surface area (Å²) in [5, 5.41) is 3.97. The summed E-state index contributed by atoms with van der Waals surface area (Å²) >= 11 is 0. The second-order valence-corrected chi connectivity index (χ2v) is 9.87. The van der Waals surface area contributed by atoms with E-state index in [4.69, 9.17) is 0 Å². The Hall–Kier alpha value is -3.72. The van der Waals surface area contributed by atoms with Gasteiger partial charge in [0.25, 0.3) is 10.0 Å². The van der Waals surface area contributed by atoms with Crippen LogP contribution in [-0.2, 0) is 23.5 Å². The van der Waals surface area contributed by atoms with Crippen LogP contribution >= 0.6 is 0 Å². The highest BCUT2D eigenvalue weighted by Gasteiger charge is 2.24. The van der Waals surface area contributed by atoms with Gasteiger partial charge < -0.3 is 4.90 Å². The predicted octanol–water partition coefficient (Wildman–Crippen LogP) is 3.99. The molecule has 0 saturated carbocycles. The van der Waals surface area contributed by atoms with Crippen molar-refractivity contribution in [2.45, 2.75) is 25.2 Å². The molecule has 8 nitrogen and oxygen atoms in total. The molecule has 5 rings (SSSR count). The largest absolute Gasteiger partial charge is 0.326 e. The van der Waals surface area contributed by atoms with E-state index < -0.39 is 10.0 Å². The number of aromatic nitrogens is 4. The highest BCUT2D eigenvalue weighted by Crippen LogP contribution is 2.36. The predicted molar refractivity (Wildman–Crippen MR) is 128 cm³/mol. The summed E-state index contributed by atoms with van der Waals surface area (Å²) in [5.41, 5.74) is 6.07. The molecule has 1 aliphatic heterocycles. The minimum Gasteiger partial charge on any atom is -0.326 e. The highest BCUT2D eigenvalue weighted by molar-refractivity contribution is 7.92. The number of nitrogens with one attached hydrogen (secondary N) is 1. The third-order valence-electron chi connectivity index (χ3n) is 5.83. The standard InChI is InChI=1S/C24H24N6O2S/c1-16-7-6-8-17(2)23(16)20-13-22(30-12-11-18-9-4-5-10-21(18)30)27-24(26-20)28-33(31,32)19-14-25-29(3)15-19/h4-10,13-15H,11-12H2,1-3H3,(H,26,27,28). The first-order valence-electron chi connectivity index (χ1n) is 10.6. The SMILES string of the molecule is Cc1cccc(C)c1-c1cc(N2CCc3ccccc32)nc(NS(=O)(=O)c2cnn(C)c2)n1. The van der Waals surface area contributed by atoms with Gasteiger partial charge in [0.1, 0.15) is 10.7 Å². The van der Waals surface area contributed by atoms with Gasteiger partial charge in [-0.05, 0) is 43.0 Å². The molecule has 2 aromatic heterocycles. The van der Waals surface area contributed by atoms with Gasteiger partial charge in [-0.3, -0.25) is 4.68 Å². The zero-order chi connectivity index (χ0) is 23.2. The first-order chi connectivity index (χ1) is 15.8. The first-order valence-corrected chi connectivity index (χ1v) is 12.1. The lowest BCUT2D eigenvalue weighted by molar-refractivity contribution is 0.600. The molecular formula is C24H24N6O2S. The van der Waals surface area contributed by atoms with Crippen molar-refractivity contribution in [2.24, 2.45) is 7.05 Å². The summed E-state index contributed by atoms with van der Waals surface area (Å²) in [6.07, 6.45) is 3.64. The molecule has 4 aromatic rings. The zero-order valence-corrected chi connectivity index (χ0v) is 19.5. The lowest BCUT2D eigenvalue weighted by Gasteiger charge is -2.21. The van der Waals surface area contributed by atoms with E-state index in [9.17, 15) is 8.42 Å². The Balaban J connectivity index is 1.64. The molecule has 0 bridgehead atoms. The first kappa shape index (κ1) is 21.1. The number of nitrogens with zero attached hydrogens (tertiary/aromatic N) is 5. The maximum absolute atomic E-state index is 13.0. The molecule has 0 fully saturated rings. The van der Waals surface area contributed by atoms with E-state index in [1.165, 1.54) is 22.6 Å². The van der Waals surface area contributed by atoms with Crippen LogP contribution in [0.25, 0.3) is 11.3 Å². The fourth-order valence-corrected chi connectivity index (χ4v) is 5.18. The average Bonchev–Trinajstić information content (AvgIpc) is 3.40. The van der Waals surface area contributed by atoms with Crippen LogP contribution in [-0.4, -0.2) is 34.7 Å². The number of benzene rings is 2. The molecule has 0 radical (unpaired) electrons. The molecule has 0 spiro atoms. The normalized spacial score (nSPS) is 13.2. The van der Waals surface area contributed by atoms with Crippen LogP contribution in [0, 0.1) is 13.8 Å². The van der Waals surface area contributed by atoms with Crippen molar-refractivity contribution in [3.63, 3.8) is 0 Å². The Labute approximate surface area is 193 Å². The lowest BCUT2D eigenvalue weighted by atomic mass is 10.00. The van der Waals surface area contributed by atoms with Crippen LogP contribution < -0.4 is 9.62 Å². The van der Waals surface area contributed by atoms with E-state index >= 15 is 0 Å². The van der Waals surface area contributed by atoms with Gasteiger partial charge in [-0.25, -0.2) is 18.1 Å². The molecule has 3 heterocycles. The zero-order valence-electron chi connectivity index (χ0n) is 18.6.